The maximum Gasteiger partial charge on any atom is 0.427 e. The zero-order valence-electron chi connectivity index (χ0n) is 12.3. The predicted octanol–water partition coefficient (Wildman–Crippen LogP) is 3.67. The van der Waals surface area contributed by atoms with E-state index in [9.17, 15) is 13.2 Å². The highest BCUT2D eigenvalue weighted by Crippen LogP contribution is 2.47. The lowest BCUT2D eigenvalue weighted by Crippen LogP contribution is -2.47. The van der Waals surface area contributed by atoms with Crippen molar-refractivity contribution in [1.29, 1.82) is 5.26 Å². The molecule has 3 rings (SSSR count). The van der Waals surface area contributed by atoms with Gasteiger partial charge in [0.15, 0.2) is 6.19 Å². The summed E-state index contributed by atoms with van der Waals surface area (Å²) in [6.45, 7) is -0.0432. The van der Waals surface area contributed by atoms with Crippen LogP contribution >= 0.6 is 11.6 Å². The molecule has 1 heterocycles. The van der Waals surface area contributed by atoms with Crippen molar-refractivity contribution in [1.82, 2.24) is 5.32 Å². The van der Waals surface area contributed by atoms with Crippen LogP contribution in [-0.2, 0) is 10.3 Å². The van der Waals surface area contributed by atoms with Gasteiger partial charge < -0.3 is 4.74 Å². The Hall–Kier alpha value is -2.11. The molecule has 1 saturated carbocycles. The van der Waals surface area contributed by atoms with Gasteiger partial charge in [-0.2, -0.15) is 18.4 Å². The first-order chi connectivity index (χ1) is 11.4. The Morgan fingerprint density at radius 3 is 2.79 bits per heavy atom. The number of nitriles is 1. The molecule has 9 heteroatoms. The van der Waals surface area contributed by atoms with Crippen LogP contribution < -0.4 is 5.32 Å². The minimum absolute atomic E-state index is 0.0113. The number of hydrogen-bond acceptors (Lipinski definition) is 5. The SMILES string of the molecule is N#CNC1=Nc2ccc(Cl)cc2[C@](OCC2CC2)(C(F)(F)F)C=N1. The fraction of sp³-hybridized carbons (Fsp3) is 0.400. The first-order valence-corrected chi connectivity index (χ1v) is 7.53. The van der Waals surface area contributed by atoms with Crippen LogP contribution in [0.5, 0.6) is 0 Å². The molecule has 0 bridgehead atoms. The monoisotopic (exact) mass is 356 g/mol. The van der Waals surface area contributed by atoms with Crippen LogP contribution in [0.4, 0.5) is 18.9 Å². The van der Waals surface area contributed by atoms with E-state index < -0.39 is 11.8 Å². The number of alkyl halides is 3. The quantitative estimate of drug-likeness (QED) is 0.663. The van der Waals surface area contributed by atoms with Gasteiger partial charge >= 0.3 is 6.18 Å². The molecule has 1 aliphatic carbocycles. The van der Waals surface area contributed by atoms with E-state index >= 15 is 0 Å². The lowest BCUT2D eigenvalue weighted by Gasteiger charge is -2.33. The van der Waals surface area contributed by atoms with Crippen LogP contribution in [-0.4, -0.2) is 25.0 Å². The molecule has 0 saturated heterocycles. The molecule has 1 atom stereocenters. The summed E-state index contributed by atoms with van der Waals surface area (Å²) in [5.41, 5.74) is -3.03. The second-order valence-electron chi connectivity index (χ2n) is 5.58. The van der Waals surface area contributed by atoms with Crippen molar-refractivity contribution in [3.05, 3.63) is 28.8 Å². The molecule has 1 N–H and O–H groups in total. The number of aliphatic imine (C=N–C) groups is 2. The third-order valence-corrected chi connectivity index (χ3v) is 4.02. The van der Waals surface area contributed by atoms with E-state index in [0.717, 1.165) is 12.8 Å². The molecule has 126 valence electrons. The first kappa shape index (κ1) is 16.7. The third kappa shape index (κ3) is 3.09. The average molecular weight is 357 g/mol. The molecule has 0 unspecified atom stereocenters. The fourth-order valence-corrected chi connectivity index (χ4v) is 2.51. The van der Waals surface area contributed by atoms with Crippen molar-refractivity contribution in [3.8, 4) is 6.19 Å². The van der Waals surface area contributed by atoms with Gasteiger partial charge in [-0.3, -0.25) is 5.32 Å². The smallest absolute Gasteiger partial charge is 0.356 e. The van der Waals surface area contributed by atoms with Gasteiger partial charge in [0.05, 0.1) is 18.5 Å². The number of rotatable bonds is 3. The molecule has 2 aliphatic rings. The highest BCUT2D eigenvalue weighted by Gasteiger charge is 2.58. The van der Waals surface area contributed by atoms with Crippen molar-refractivity contribution >= 4 is 29.5 Å². The van der Waals surface area contributed by atoms with Crippen molar-refractivity contribution in [2.45, 2.75) is 24.6 Å². The van der Waals surface area contributed by atoms with E-state index in [1.54, 1.807) is 6.19 Å². The van der Waals surface area contributed by atoms with Gasteiger partial charge in [0.25, 0.3) is 0 Å². The summed E-state index contributed by atoms with van der Waals surface area (Å²) in [5, 5.41) is 11.0. The molecule has 0 amide bonds. The Morgan fingerprint density at radius 2 is 2.17 bits per heavy atom. The van der Waals surface area contributed by atoms with Crippen molar-refractivity contribution in [2.75, 3.05) is 6.61 Å². The van der Waals surface area contributed by atoms with Gasteiger partial charge in [0.2, 0.25) is 11.6 Å². The van der Waals surface area contributed by atoms with Crippen LogP contribution in [0, 0.1) is 17.4 Å². The summed E-state index contributed by atoms with van der Waals surface area (Å²) in [6.07, 6.45) is -0.868. The number of fused-ring (bicyclic) bond motifs is 1. The predicted molar refractivity (Wildman–Crippen MR) is 82.2 cm³/mol. The van der Waals surface area contributed by atoms with Gasteiger partial charge in [-0.25, -0.2) is 9.98 Å². The summed E-state index contributed by atoms with van der Waals surface area (Å²) < 4.78 is 47.3. The second kappa shape index (κ2) is 6.07. The number of nitrogens with zero attached hydrogens (tertiary/aromatic N) is 3. The van der Waals surface area contributed by atoms with E-state index in [1.807, 2.05) is 0 Å². The number of nitrogens with one attached hydrogen (secondary N) is 1. The van der Waals surface area contributed by atoms with Crippen molar-refractivity contribution in [3.63, 3.8) is 0 Å². The second-order valence-corrected chi connectivity index (χ2v) is 6.02. The number of hydrogen-bond donors (Lipinski definition) is 1. The lowest BCUT2D eigenvalue weighted by atomic mass is 9.92. The lowest BCUT2D eigenvalue weighted by molar-refractivity contribution is -0.252. The summed E-state index contributed by atoms with van der Waals surface area (Å²) >= 11 is 5.90. The number of halogens is 4. The van der Waals surface area contributed by atoms with Crippen molar-refractivity contribution < 1.29 is 17.9 Å². The molecule has 0 aromatic heterocycles. The highest BCUT2D eigenvalue weighted by molar-refractivity contribution is 6.30. The molecule has 1 aromatic rings. The van der Waals surface area contributed by atoms with E-state index in [4.69, 9.17) is 21.6 Å². The van der Waals surface area contributed by atoms with Gasteiger partial charge in [-0.1, -0.05) is 11.6 Å². The summed E-state index contributed by atoms with van der Waals surface area (Å²) in [6, 6.07) is 3.93. The summed E-state index contributed by atoms with van der Waals surface area (Å²) in [4.78, 5) is 7.65. The fourth-order valence-electron chi connectivity index (χ4n) is 2.33. The van der Waals surface area contributed by atoms with Crippen LogP contribution in [0.1, 0.15) is 18.4 Å². The van der Waals surface area contributed by atoms with E-state index in [0.29, 0.717) is 6.21 Å². The summed E-state index contributed by atoms with van der Waals surface area (Å²) in [7, 11) is 0. The Bertz CT molecular complexity index is 752. The minimum atomic E-state index is -4.78. The highest BCUT2D eigenvalue weighted by atomic mass is 35.5. The largest absolute Gasteiger partial charge is 0.427 e. The standard InChI is InChI=1S/C15H12ClF3N4O/c16-10-3-4-12-11(5-10)14(15(17,18)19,24-6-9-1-2-9)7-21-13(23-12)22-8-20/h3-5,7,9H,1-2,6H2,(H,22,23)/t14-/m0/s1. The minimum Gasteiger partial charge on any atom is -0.356 e. The van der Waals surface area contributed by atoms with Gasteiger partial charge in [0, 0.05) is 10.6 Å². The molecule has 5 nitrogen and oxygen atoms in total. The van der Waals surface area contributed by atoms with Crippen molar-refractivity contribution in [2.24, 2.45) is 15.9 Å². The molecule has 0 radical (unpaired) electrons. The molecular formula is C15H12ClF3N4O. The van der Waals surface area contributed by atoms with Gasteiger partial charge in [0.1, 0.15) is 0 Å². The van der Waals surface area contributed by atoms with E-state index in [1.165, 1.54) is 18.2 Å². The number of ether oxygens (including phenoxy) is 1. The Morgan fingerprint density at radius 1 is 1.42 bits per heavy atom. The van der Waals surface area contributed by atoms with Crippen LogP contribution in [0.15, 0.2) is 28.2 Å². The Labute approximate surface area is 140 Å². The molecule has 0 spiro atoms. The Kier molecular flexibility index (Phi) is 4.24. The molecule has 1 fully saturated rings. The first-order valence-electron chi connectivity index (χ1n) is 7.15. The molecule has 1 aliphatic heterocycles. The molecule has 24 heavy (non-hydrogen) atoms. The number of benzene rings is 1. The number of guanidine groups is 1. The average Bonchev–Trinajstić information content (AvgIpc) is 3.32. The van der Waals surface area contributed by atoms with E-state index in [2.05, 4.69) is 15.3 Å². The molecular weight excluding hydrogens is 345 g/mol. The van der Waals surface area contributed by atoms with Crippen LogP contribution in [0.2, 0.25) is 5.02 Å². The zero-order chi connectivity index (χ0) is 17.4. The molecule has 1 aromatic carbocycles. The van der Waals surface area contributed by atoms with Gasteiger partial charge in [-0.15, -0.1) is 0 Å². The van der Waals surface area contributed by atoms with E-state index in [-0.39, 0.29) is 34.8 Å². The maximum atomic E-state index is 14.0. The summed E-state index contributed by atoms with van der Waals surface area (Å²) in [5.74, 6) is -0.136. The Balaban J connectivity index is 2.15. The zero-order valence-corrected chi connectivity index (χ0v) is 13.0. The maximum absolute atomic E-state index is 14.0. The van der Waals surface area contributed by atoms with Gasteiger partial charge in [-0.05, 0) is 37.0 Å². The normalized spacial score (nSPS) is 23.0. The van der Waals surface area contributed by atoms with Crippen LogP contribution in [0.25, 0.3) is 0 Å². The third-order valence-electron chi connectivity index (χ3n) is 3.79. The van der Waals surface area contributed by atoms with Crippen LogP contribution in [0.3, 0.4) is 0 Å². The topological polar surface area (TPSA) is 69.8 Å².